The summed E-state index contributed by atoms with van der Waals surface area (Å²) in [4.78, 5) is 12.1. The molecule has 1 atom stereocenters. The number of alkyl halides is 1. The second-order valence-electron chi connectivity index (χ2n) is 4.36. The number of carbonyl (C=O) groups excluding carboxylic acids is 1. The Bertz CT molecular complexity index is 423. The van der Waals surface area contributed by atoms with Crippen LogP contribution in [-0.2, 0) is 0 Å². The maximum Gasteiger partial charge on any atom is 0.255 e. The van der Waals surface area contributed by atoms with Crippen LogP contribution in [0.4, 0.5) is 0 Å². The van der Waals surface area contributed by atoms with Crippen LogP contribution in [0.1, 0.15) is 23.7 Å². The van der Waals surface area contributed by atoms with E-state index in [-0.39, 0.29) is 5.91 Å². The van der Waals surface area contributed by atoms with Gasteiger partial charge in [0.25, 0.3) is 5.91 Å². The highest BCUT2D eigenvalue weighted by Gasteiger charge is 2.14. The van der Waals surface area contributed by atoms with Crippen molar-refractivity contribution in [1.82, 2.24) is 5.32 Å². The second-order valence-corrected chi connectivity index (χ2v) is 5.15. The van der Waals surface area contributed by atoms with Gasteiger partial charge in [-0.15, -0.1) is 0 Å². The van der Waals surface area contributed by atoms with Crippen LogP contribution in [-0.4, -0.2) is 32.0 Å². The zero-order valence-electron chi connectivity index (χ0n) is 11.5. The number of methoxy groups -OCH3 is 2. The van der Waals surface area contributed by atoms with Crippen LogP contribution in [0.2, 0.25) is 0 Å². The normalized spacial score (nSPS) is 11.8. The van der Waals surface area contributed by atoms with E-state index in [0.717, 1.165) is 11.8 Å². The van der Waals surface area contributed by atoms with Gasteiger partial charge in [-0.05, 0) is 30.5 Å². The van der Waals surface area contributed by atoms with E-state index in [0.29, 0.717) is 29.5 Å². The fourth-order valence-electron chi connectivity index (χ4n) is 1.64. The van der Waals surface area contributed by atoms with Gasteiger partial charge in [0.05, 0.1) is 19.8 Å². The number of carbonyl (C=O) groups is 1. The largest absolute Gasteiger partial charge is 0.497 e. The smallest absolute Gasteiger partial charge is 0.255 e. The van der Waals surface area contributed by atoms with E-state index in [9.17, 15) is 4.79 Å². The Morgan fingerprint density at radius 1 is 1.37 bits per heavy atom. The summed E-state index contributed by atoms with van der Waals surface area (Å²) in [6.07, 6.45) is 1.02. The Kier molecular flexibility index (Phi) is 6.70. The highest BCUT2D eigenvalue weighted by atomic mass is 79.9. The molecule has 5 heteroatoms. The lowest BCUT2D eigenvalue weighted by molar-refractivity contribution is 0.0944. The van der Waals surface area contributed by atoms with Gasteiger partial charge in [-0.2, -0.15) is 0 Å². The van der Waals surface area contributed by atoms with Gasteiger partial charge < -0.3 is 14.8 Å². The summed E-state index contributed by atoms with van der Waals surface area (Å²) in [7, 11) is 3.12. The van der Waals surface area contributed by atoms with Crippen LogP contribution in [0, 0.1) is 5.92 Å². The molecule has 106 valence electrons. The van der Waals surface area contributed by atoms with Crippen molar-refractivity contribution in [3.8, 4) is 11.5 Å². The third-order valence-corrected chi connectivity index (χ3v) is 3.32. The van der Waals surface area contributed by atoms with Crippen molar-refractivity contribution < 1.29 is 14.3 Å². The molecule has 0 aliphatic heterocycles. The maximum atomic E-state index is 12.1. The van der Waals surface area contributed by atoms with Crippen LogP contribution in [0.5, 0.6) is 11.5 Å². The minimum Gasteiger partial charge on any atom is -0.497 e. The molecule has 0 aliphatic rings. The highest BCUT2D eigenvalue weighted by Crippen LogP contribution is 2.23. The van der Waals surface area contributed by atoms with Crippen LogP contribution in [0.25, 0.3) is 0 Å². The first-order valence-electron chi connectivity index (χ1n) is 6.18. The van der Waals surface area contributed by atoms with Crippen molar-refractivity contribution in [2.45, 2.75) is 13.3 Å². The van der Waals surface area contributed by atoms with Crippen LogP contribution in [0.3, 0.4) is 0 Å². The molecule has 0 spiro atoms. The molecule has 1 aromatic rings. The Balaban J connectivity index is 2.74. The molecule has 0 fully saturated rings. The van der Waals surface area contributed by atoms with Gasteiger partial charge in [-0.25, -0.2) is 0 Å². The molecule has 0 bridgehead atoms. The molecule has 1 unspecified atom stereocenters. The number of rotatable bonds is 7. The van der Waals surface area contributed by atoms with Crippen LogP contribution in [0.15, 0.2) is 18.2 Å². The fraction of sp³-hybridized carbons (Fsp3) is 0.500. The molecule has 0 saturated heterocycles. The maximum absolute atomic E-state index is 12.1. The zero-order chi connectivity index (χ0) is 14.3. The monoisotopic (exact) mass is 329 g/mol. The van der Waals surface area contributed by atoms with Gasteiger partial charge in [0, 0.05) is 11.9 Å². The predicted molar refractivity (Wildman–Crippen MR) is 79.5 cm³/mol. The molecular formula is C14H20BrNO3. The molecule has 1 amide bonds. The van der Waals surface area contributed by atoms with E-state index in [1.165, 1.54) is 0 Å². The minimum absolute atomic E-state index is 0.142. The predicted octanol–water partition coefficient (Wildman–Crippen LogP) is 2.85. The number of hydrogen-bond donors (Lipinski definition) is 1. The number of hydrogen-bond acceptors (Lipinski definition) is 3. The molecule has 1 aromatic carbocycles. The number of halogens is 1. The molecule has 0 saturated carbocycles. The topological polar surface area (TPSA) is 47.6 Å². The van der Waals surface area contributed by atoms with Gasteiger partial charge in [-0.3, -0.25) is 4.79 Å². The van der Waals surface area contributed by atoms with Crippen molar-refractivity contribution in [1.29, 1.82) is 0 Å². The number of amides is 1. The highest BCUT2D eigenvalue weighted by molar-refractivity contribution is 9.09. The molecule has 1 N–H and O–H groups in total. The lowest BCUT2D eigenvalue weighted by atomic mass is 10.1. The van der Waals surface area contributed by atoms with E-state index < -0.39 is 0 Å². The minimum atomic E-state index is -0.142. The summed E-state index contributed by atoms with van der Waals surface area (Å²) in [6.45, 7) is 2.75. The first-order valence-corrected chi connectivity index (χ1v) is 7.30. The van der Waals surface area contributed by atoms with Gasteiger partial charge in [-0.1, -0.05) is 22.9 Å². The lowest BCUT2D eigenvalue weighted by Gasteiger charge is -2.13. The molecule has 0 aliphatic carbocycles. The summed E-state index contributed by atoms with van der Waals surface area (Å²) in [5.74, 6) is 1.48. The summed E-state index contributed by atoms with van der Waals surface area (Å²) in [5, 5.41) is 3.85. The Labute approximate surface area is 122 Å². The van der Waals surface area contributed by atoms with Crippen molar-refractivity contribution in [2.75, 3.05) is 26.1 Å². The third kappa shape index (κ3) is 4.74. The van der Waals surface area contributed by atoms with E-state index in [1.807, 2.05) is 0 Å². The van der Waals surface area contributed by atoms with Crippen LogP contribution < -0.4 is 14.8 Å². The molecule has 1 rings (SSSR count). The standard InChI is InChI=1S/C14H20BrNO3/c1-10(6-7-15)9-16-14(17)12-8-11(18-2)4-5-13(12)19-3/h4-5,8,10H,6-7,9H2,1-3H3,(H,16,17). The van der Waals surface area contributed by atoms with Gasteiger partial charge >= 0.3 is 0 Å². The average molecular weight is 330 g/mol. The van der Waals surface area contributed by atoms with Crippen LogP contribution >= 0.6 is 15.9 Å². The zero-order valence-corrected chi connectivity index (χ0v) is 13.1. The molecule has 4 nitrogen and oxygen atoms in total. The Morgan fingerprint density at radius 3 is 2.68 bits per heavy atom. The molecule has 0 aromatic heterocycles. The summed E-state index contributed by atoms with van der Waals surface area (Å²) in [6, 6.07) is 5.18. The molecule has 0 radical (unpaired) electrons. The first kappa shape index (κ1) is 15.8. The van der Waals surface area contributed by atoms with Crippen molar-refractivity contribution in [3.05, 3.63) is 23.8 Å². The van der Waals surface area contributed by atoms with Crippen molar-refractivity contribution in [3.63, 3.8) is 0 Å². The third-order valence-electron chi connectivity index (χ3n) is 2.86. The van der Waals surface area contributed by atoms with E-state index in [1.54, 1.807) is 32.4 Å². The summed E-state index contributed by atoms with van der Waals surface area (Å²) < 4.78 is 10.3. The van der Waals surface area contributed by atoms with E-state index in [2.05, 4.69) is 28.2 Å². The Morgan fingerprint density at radius 2 is 2.11 bits per heavy atom. The summed E-state index contributed by atoms with van der Waals surface area (Å²) >= 11 is 3.39. The van der Waals surface area contributed by atoms with Gasteiger partial charge in [0.15, 0.2) is 0 Å². The molecule has 19 heavy (non-hydrogen) atoms. The van der Waals surface area contributed by atoms with Gasteiger partial charge in [0.1, 0.15) is 11.5 Å². The van der Waals surface area contributed by atoms with E-state index >= 15 is 0 Å². The fourth-order valence-corrected chi connectivity index (χ4v) is 2.42. The number of nitrogens with one attached hydrogen (secondary N) is 1. The van der Waals surface area contributed by atoms with Crippen molar-refractivity contribution in [2.24, 2.45) is 5.92 Å². The van der Waals surface area contributed by atoms with Crippen molar-refractivity contribution >= 4 is 21.8 Å². The first-order chi connectivity index (χ1) is 9.12. The second kappa shape index (κ2) is 8.04. The quantitative estimate of drug-likeness (QED) is 0.782. The average Bonchev–Trinajstić information content (AvgIpc) is 2.44. The molecular weight excluding hydrogens is 310 g/mol. The van der Waals surface area contributed by atoms with Gasteiger partial charge in [0.2, 0.25) is 0 Å². The number of benzene rings is 1. The molecule has 0 heterocycles. The SMILES string of the molecule is COc1ccc(OC)c(C(=O)NCC(C)CCBr)c1. The van der Waals surface area contributed by atoms with E-state index in [4.69, 9.17) is 9.47 Å². The Hall–Kier alpha value is -1.23. The number of ether oxygens (including phenoxy) is 2. The lowest BCUT2D eigenvalue weighted by Crippen LogP contribution is -2.28. The summed E-state index contributed by atoms with van der Waals surface area (Å²) in [5.41, 5.74) is 0.493.